The Hall–Kier alpha value is -0.963. The summed E-state index contributed by atoms with van der Waals surface area (Å²) in [4.78, 5) is 14.0. The molecular formula is C18H21ClLiN3O2. The Morgan fingerprint density at radius 3 is 2.68 bits per heavy atom. The normalized spacial score (nSPS) is 25.1. The quantitative estimate of drug-likeness (QED) is 0.688. The van der Waals surface area contributed by atoms with Gasteiger partial charge in [0.05, 0.1) is 18.2 Å². The predicted molar refractivity (Wildman–Crippen MR) is 92.1 cm³/mol. The zero-order valence-corrected chi connectivity index (χ0v) is 15.5. The van der Waals surface area contributed by atoms with Crippen molar-refractivity contribution in [2.24, 2.45) is 5.92 Å². The summed E-state index contributed by atoms with van der Waals surface area (Å²) >= 11 is 6.07. The van der Waals surface area contributed by atoms with Crippen molar-refractivity contribution in [3.63, 3.8) is 0 Å². The van der Waals surface area contributed by atoms with Crippen molar-refractivity contribution in [1.29, 1.82) is 0 Å². The number of fused-ring (bicyclic) bond motifs is 4. The summed E-state index contributed by atoms with van der Waals surface area (Å²) in [6.45, 7) is 6.08. The van der Waals surface area contributed by atoms with E-state index in [0.717, 1.165) is 23.4 Å². The van der Waals surface area contributed by atoms with Gasteiger partial charge in [-0.15, -0.1) is 0 Å². The van der Waals surface area contributed by atoms with E-state index in [-0.39, 0.29) is 24.4 Å². The van der Waals surface area contributed by atoms with E-state index in [1.165, 1.54) is 32.0 Å². The maximum Gasteiger partial charge on any atom is 1.00 e. The number of carboxylic acid groups (broad SMARTS) is 1. The molecule has 1 atom stereocenters. The third-order valence-electron chi connectivity index (χ3n) is 5.54. The number of halogens is 1. The van der Waals surface area contributed by atoms with E-state index in [1.54, 1.807) is 0 Å². The number of rotatable bonds is 4. The van der Waals surface area contributed by atoms with Gasteiger partial charge in [-0.05, 0) is 56.5 Å². The number of carboxylic acids is 1. The number of aromatic nitrogens is 1. The standard InChI is InChI=1S/C18H22ClN3O2.Li/c1-11-8-22(10-20-16-9-21-4-2-12(16)3-5-21)17-14(11)6-13(19)7-15(17)18(23)24;/h6-8,12,16,20H,2-5,9-10H2,1H3,(H,23,24);/q;+1/p-1/t16-;/m1./s1. The number of benzene rings is 1. The van der Waals surface area contributed by atoms with Gasteiger partial charge in [0.1, 0.15) is 0 Å². The van der Waals surface area contributed by atoms with E-state index < -0.39 is 5.97 Å². The molecule has 1 N–H and O–H groups in total. The average molecular weight is 354 g/mol. The van der Waals surface area contributed by atoms with Crippen LogP contribution < -0.4 is 29.3 Å². The second-order valence-electron chi connectivity index (χ2n) is 7.03. The van der Waals surface area contributed by atoms with Gasteiger partial charge in [0.25, 0.3) is 0 Å². The van der Waals surface area contributed by atoms with Crippen molar-refractivity contribution in [2.45, 2.75) is 32.5 Å². The number of nitrogens with one attached hydrogen (secondary N) is 1. The number of aromatic carboxylic acids is 1. The molecule has 128 valence electrons. The first kappa shape index (κ1) is 18.8. The topological polar surface area (TPSA) is 60.3 Å². The maximum atomic E-state index is 11.5. The van der Waals surface area contributed by atoms with Gasteiger partial charge in [-0.3, -0.25) is 5.32 Å². The Morgan fingerprint density at radius 1 is 1.36 bits per heavy atom. The van der Waals surface area contributed by atoms with Crippen LogP contribution in [-0.4, -0.2) is 41.1 Å². The van der Waals surface area contributed by atoms with Gasteiger partial charge in [0.2, 0.25) is 0 Å². The van der Waals surface area contributed by atoms with Crippen molar-refractivity contribution in [3.8, 4) is 0 Å². The Bertz CT molecular complexity index is 799. The molecule has 7 heteroatoms. The van der Waals surface area contributed by atoms with Crippen LogP contribution in [0, 0.1) is 12.8 Å². The molecular weight excluding hydrogens is 333 g/mol. The molecule has 2 bridgehead atoms. The van der Waals surface area contributed by atoms with Crippen molar-refractivity contribution in [3.05, 3.63) is 34.5 Å². The maximum absolute atomic E-state index is 11.5. The van der Waals surface area contributed by atoms with Gasteiger partial charge in [-0.2, -0.15) is 0 Å². The molecule has 0 radical (unpaired) electrons. The fraction of sp³-hybridized carbons (Fsp3) is 0.500. The minimum atomic E-state index is -1.19. The largest absolute Gasteiger partial charge is 1.00 e. The molecule has 5 rings (SSSR count). The van der Waals surface area contributed by atoms with Crippen molar-refractivity contribution >= 4 is 28.5 Å². The molecule has 4 heterocycles. The fourth-order valence-corrected chi connectivity index (χ4v) is 4.49. The zero-order valence-electron chi connectivity index (χ0n) is 14.7. The van der Waals surface area contributed by atoms with Crippen LogP contribution in [0.5, 0.6) is 0 Å². The fourth-order valence-electron chi connectivity index (χ4n) is 4.27. The van der Waals surface area contributed by atoms with E-state index in [4.69, 9.17) is 11.6 Å². The summed E-state index contributed by atoms with van der Waals surface area (Å²) < 4.78 is 1.98. The molecule has 0 amide bonds. The molecule has 2 aromatic rings. The molecule has 0 unspecified atom stereocenters. The number of carbonyl (C=O) groups is 1. The van der Waals surface area contributed by atoms with Crippen LogP contribution in [0.4, 0.5) is 0 Å². The Labute approximate surface area is 164 Å². The Balaban J connectivity index is 0.00000182. The molecule has 3 aliphatic heterocycles. The van der Waals surface area contributed by atoms with Crippen LogP contribution in [0.1, 0.15) is 28.8 Å². The van der Waals surface area contributed by atoms with Crippen molar-refractivity contribution in [1.82, 2.24) is 14.8 Å². The van der Waals surface area contributed by atoms with Crippen LogP contribution >= 0.6 is 11.6 Å². The van der Waals surface area contributed by atoms with Gasteiger partial charge in [-0.1, -0.05) is 11.6 Å². The average Bonchev–Trinajstić information content (AvgIpc) is 2.89. The van der Waals surface area contributed by atoms with Gasteiger partial charge >= 0.3 is 18.9 Å². The first-order chi connectivity index (χ1) is 11.5. The minimum Gasteiger partial charge on any atom is -0.545 e. The monoisotopic (exact) mass is 353 g/mol. The second-order valence-corrected chi connectivity index (χ2v) is 7.46. The van der Waals surface area contributed by atoms with Crippen LogP contribution in [0.3, 0.4) is 0 Å². The van der Waals surface area contributed by atoms with Gasteiger partial charge in [0.15, 0.2) is 0 Å². The third-order valence-corrected chi connectivity index (χ3v) is 5.75. The summed E-state index contributed by atoms with van der Waals surface area (Å²) in [5, 5.41) is 16.5. The van der Waals surface area contributed by atoms with E-state index in [0.29, 0.717) is 23.2 Å². The molecule has 3 saturated heterocycles. The minimum absolute atomic E-state index is 0. The van der Waals surface area contributed by atoms with Crippen LogP contribution in [-0.2, 0) is 6.67 Å². The van der Waals surface area contributed by atoms with Crippen LogP contribution in [0.25, 0.3) is 10.9 Å². The molecule has 1 aromatic carbocycles. The molecule has 0 spiro atoms. The first-order valence-electron chi connectivity index (χ1n) is 8.49. The number of hydrogen-bond acceptors (Lipinski definition) is 4. The van der Waals surface area contributed by atoms with Crippen molar-refractivity contribution in [2.75, 3.05) is 19.6 Å². The van der Waals surface area contributed by atoms with Gasteiger partial charge in [-0.25, -0.2) is 0 Å². The van der Waals surface area contributed by atoms with Crippen LogP contribution in [0.2, 0.25) is 5.02 Å². The summed E-state index contributed by atoms with van der Waals surface area (Å²) in [6, 6.07) is 3.77. The first-order valence-corrected chi connectivity index (χ1v) is 8.87. The predicted octanol–water partition coefficient (Wildman–Crippen LogP) is -1.39. The summed E-state index contributed by atoms with van der Waals surface area (Å²) in [6.07, 6.45) is 4.49. The van der Waals surface area contributed by atoms with E-state index in [1.807, 2.05) is 23.8 Å². The smallest absolute Gasteiger partial charge is 0.545 e. The third kappa shape index (κ3) is 3.49. The molecule has 25 heavy (non-hydrogen) atoms. The summed E-state index contributed by atoms with van der Waals surface area (Å²) in [7, 11) is 0. The molecule has 3 aliphatic rings. The molecule has 0 aliphatic carbocycles. The van der Waals surface area contributed by atoms with E-state index >= 15 is 0 Å². The van der Waals surface area contributed by atoms with Gasteiger partial charge in [0, 0.05) is 34.8 Å². The summed E-state index contributed by atoms with van der Waals surface area (Å²) in [5.74, 6) is -0.460. The SMILES string of the molecule is Cc1cn(CN[C@@H]2CN3CCC2CC3)c2c(C(=O)[O-])cc(Cl)cc12.[Li+]. The summed E-state index contributed by atoms with van der Waals surface area (Å²) in [5.41, 5.74) is 1.86. The molecule has 0 saturated carbocycles. The molecule has 5 nitrogen and oxygen atoms in total. The van der Waals surface area contributed by atoms with Crippen LogP contribution in [0.15, 0.2) is 18.3 Å². The zero-order chi connectivity index (χ0) is 16.8. The number of nitrogens with zero attached hydrogens (tertiary/aromatic N) is 2. The molecule has 1 aromatic heterocycles. The number of carbonyl (C=O) groups excluding carboxylic acids is 1. The number of piperidine rings is 3. The van der Waals surface area contributed by atoms with Crippen molar-refractivity contribution < 1.29 is 28.8 Å². The molecule has 3 fully saturated rings. The Morgan fingerprint density at radius 2 is 2.08 bits per heavy atom. The van der Waals surface area contributed by atoms with E-state index in [2.05, 4.69) is 10.2 Å². The number of hydrogen-bond donors (Lipinski definition) is 1. The van der Waals surface area contributed by atoms with Gasteiger partial charge < -0.3 is 19.4 Å². The number of aryl methyl sites for hydroxylation is 1. The second kappa shape index (κ2) is 7.34. The van der Waals surface area contributed by atoms with E-state index in [9.17, 15) is 9.90 Å². The Kier molecular flexibility index (Phi) is 5.53.